The van der Waals surface area contributed by atoms with Crippen LogP contribution in [0, 0.1) is 0 Å². The van der Waals surface area contributed by atoms with Gasteiger partial charge in [-0.1, -0.05) is 0 Å². The van der Waals surface area contributed by atoms with Gasteiger partial charge in [0.25, 0.3) is 0 Å². The van der Waals surface area contributed by atoms with Gasteiger partial charge in [0.1, 0.15) is 0 Å². The molecular weight excluding hydrogens is 186 g/mol. The van der Waals surface area contributed by atoms with E-state index < -0.39 is 0 Å². The van der Waals surface area contributed by atoms with Gasteiger partial charge in [0.15, 0.2) is 0 Å². The molecule has 0 aliphatic heterocycles. The zero-order chi connectivity index (χ0) is 10.7. The van der Waals surface area contributed by atoms with Crippen LogP contribution in [0.5, 0.6) is 0 Å². The smallest absolute Gasteiger partial charge is 0.0951 e. The van der Waals surface area contributed by atoms with Gasteiger partial charge < -0.3 is 9.47 Å². The summed E-state index contributed by atoms with van der Waals surface area (Å²) in [7, 11) is 4.26. The Bertz CT molecular complexity index is 315. The van der Waals surface area contributed by atoms with Crippen LogP contribution in [0.3, 0.4) is 0 Å². The first kappa shape index (κ1) is 10.7. The Hall–Kier alpha value is -0.830. The molecule has 1 aliphatic rings. The molecule has 0 N–H and O–H groups in total. The van der Waals surface area contributed by atoms with E-state index >= 15 is 0 Å². The number of fused-ring (bicyclic) bond motifs is 1. The maximum absolute atomic E-state index is 4.50. The van der Waals surface area contributed by atoms with Crippen LogP contribution in [0.1, 0.15) is 30.7 Å². The first-order chi connectivity index (χ1) is 7.27. The minimum atomic E-state index is 1.13. The van der Waals surface area contributed by atoms with Gasteiger partial charge in [-0.05, 0) is 52.7 Å². The van der Waals surface area contributed by atoms with E-state index in [2.05, 4.69) is 28.5 Å². The molecule has 0 spiro atoms. The van der Waals surface area contributed by atoms with Crippen molar-refractivity contribution in [1.29, 1.82) is 0 Å². The molecule has 0 unspecified atom stereocenters. The molecule has 0 fully saturated rings. The maximum Gasteiger partial charge on any atom is 0.0951 e. The van der Waals surface area contributed by atoms with E-state index in [4.69, 9.17) is 0 Å². The fourth-order valence-corrected chi connectivity index (χ4v) is 2.28. The summed E-state index contributed by atoms with van der Waals surface area (Å²) in [5.74, 6) is 0. The zero-order valence-electron chi connectivity index (χ0n) is 9.87. The molecule has 1 heterocycles. The predicted molar refractivity (Wildman–Crippen MR) is 62.0 cm³/mol. The summed E-state index contributed by atoms with van der Waals surface area (Å²) in [5.41, 5.74) is 2.85. The van der Waals surface area contributed by atoms with Crippen molar-refractivity contribution in [1.82, 2.24) is 14.5 Å². The largest absolute Gasteiger partial charge is 0.334 e. The van der Waals surface area contributed by atoms with E-state index in [-0.39, 0.29) is 0 Å². The summed E-state index contributed by atoms with van der Waals surface area (Å²) in [5, 5.41) is 0. The van der Waals surface area contributed by atoms with Gasteiger partial charge in [0.05, 0.1) is 12.0 Å². The summed E-state index contributed by atoms with van der Waals surface area (Å²) in [6.45, 7) is 2.29. The molecule has 0 bridgehead atoms. The van der Waals surface area contributed by atoms with E-state index in [1.807, 2.05) is 6.33 Å². The van der Waals surface area contributed by atoms with Crippen LogP contribution in [0.15, 0.2) is 6.33 Å². The summed E-state index contributed by atoms with van der Waals surface area (Å²) >= 11 is 0. The second kappa shape index (κ2) is 4.79. The highest BCUT2D eigenvalue weighted by Gasteiger charge is 2.14. The highest BCUT2D eigenvalue weighted by Crippen LogP contribution is 2.19. The van der Waals surface area contributed by atoms with Crippen molar-refractivity contribution in [2.75, 3.05) is 20.6 Å². The maximum atomic E-state index is 4.50. The number of hydrogen-bond donors (Lipinski definition) is 0. The first-order valence-electron chi connectivity index (χ1n) is 5.95. The molecule has 1 aromatic heterocycles. The third-order valence-corrected chi connectivity index (χ3v) is 3.11. The van der Waals surface area contributed by atoms with Crippen molar-refractivity contribution in [3.05, 3.63) is 17.7 Å². The van der Waals surface area contributed by atoms with Crippen molar-refractivity contribution in [3.63, 3.8) is 0 Å². The van der Waals surface area contributed by atoms with Gasteiger partial charge in [0, 0.05) is 12.2 Å². The van der Waals surface area contributed by atoms with Crippen molar-refractivity contribution in [2.45, 2.75) is 38.6 Å². The molecule has 1 aliphatic carbocycles. The third kappa shape index (κ3) is 2.59. The average Bonchev–Trinajstić information content (AvgIpc) is 2.62. The van der Waals surface area contributed by atoms with E-state index in [9.17, 15) is 0 Å². The Labute approximate surface area is 92.1 Å². The van der Waals surface area contributed by atoms with E-state index in [1.165, 1.54) is 43.5 Å². The predicted octanol–water partition coefficient (Wildman–Crippen LogP) is 1.71. The molecule has 0 saturated heterocycles. The number of hydrogen-bond acceptors (Lipinski definition) is 2. The van der Waals surface area contributed by atoms with E-state index in [0.717, 1.165) is 13.1 Å². The van der Waals surface area contributed by atoms with Gasteiger partial charge in [-0.15, -0.1) is 0 Å². The molecule has 84 valence electrons. The monoisotopic (exact) mass is 207 g/mol. The Kier molecular flexibility index (Phi) is 3.41. The minimum absolute atomic E-state index is 1.13. The highest BCUT2D eigenvalue weighted by atomic mass is 15.1. The van der Waals surface area contributed by atoms with Crippen LogP contribution < -0.4 is 0 Å². The van der Waals surface area contributed by atoms with E-state index in [0.29, 0.717) is 0 Å². The topological polar surface area (TPSA) is 21.1 Å². The van der Waals surface area contributed by atoms with Crippen molar-refractivity contribution >= 4 is 0 Å². The molecular formula is C12H21N3. The zero-order valence-corrected chi connectivity index (χ0v) is 9.87. The van der Waals surface area contributed by atoms with Crippen LogP contribution in [0.2, 0.25) is 0 Å². The molecule has 0 atom stereocenters. The Morgan fingerprint density at radius 2 is 2.13 bits per heavy atom. The number of rotatable bonds is 4. The van der Waals surface area contributed by atoms with Crippen LogP contribution in [0.4, 0.5) is 0 Å². The van der Waals surface area contributed by atoms with Crippen molar-refractivity contribution < 1.29 is 0 Å². The van der Waals surface area contributed by atoms with Crippen molar-refractivity contribution in [2.24, 2.45) is 0 Å². The summed E-state index contributed by atoms with van der Waals surface area (Å²) in [6, 6.07) is 0. The van der Waals surface area contributed by atoms with E-state index in [1.54, 1.807) is 0 Å². The van der Waals surface area contributed by atoms with Gasteiger partial charge in [0.2, 0.25) is 0 Å². The second-order valence-corrected chi connectivity index (χ2v) is 4.70. The minimum Gasteiger partial charge on any atom is -0.334 e. The van der Waals surface area contributed by atoms with Gasteiger partial charge in [-0.3, -0.25) is 0 Å². The summed E-state index contributed by atoms with van der Waals surface area (Å²) in [4.78, 5) is 6.74. The second-order valence-electron chi connectivity index (χ2n) is 4.70. The third-order valence-electron chi connectivity index (χ3n) is 3.11. The molecule has 0 aromatic carbocycles. The Balaban J connectivity index is 1.94. The first-order valence-corrected chi connectivity index (χ1v) is 5.95. The lowest BCUT2D eigenvalue weighted by Crippen LogP contribution is -2.16. The van der Waals surface area contributed by atoms with Crippen LogP contribution >= 0.6 is 0 Å². The molecule has 0 radical (unpaired) electrons. The van der Waals surface area contributed by atoms with Gasteiger partial charge in [-0.25, -0.2) is 4.98 Å². The lowest BCUT2D eigenvalue weighted by molar-refractivity contribution is 0.384. The van der Waals surface area contributed by atoms with Crippen LogP contribution in [-0.2, 0) is 19.4 Å². The molecule has 2 rings (SSSR count). The Morgan fingerprint density at radius 3 is 2.93 bits per heavy atom. The molecule has 3 nitrogen and oxygen atoms in total. The molecule has 0 saturated carbocycles. The van der Waals surface area contributed by atoms with Gasteiger partial charge in [-0.2, -0.15) is 0 Å². The number of imidazole rings is 1. The molecule has 0 amide bonds. The summed E-state index contributed by atoms with van der Waals surface area (Å²) in [6.07, 6.45) is 8.34. The SMILES string of the molecule is CN(C)CCCn1cnc2c1CCCC2. The lowest BCUT2D eigenvalue weighted by Gasteiger charge is -2.15. The molecule has 1 aromatic rings. The fourth-order valence-electron chi connectivity index (χ4n) is 2.28. The fraction of sp³-hybridized carbons (Fsp3) is 0.750. The summed E-state index contributed by atoms with van der Waals surface area (Å²) < 4.78 is 2.36. The normalized spacial score (nSPS) is 15.7. The Morgan fingerprint density at radius 1 is 1.33 bits per heavy atom. The number of aromatic nitrogens is 2. The highest BCUT2D eigenvalue weighted by molar-refractivity contribution is 5.16. The number of aryl methyl sites for hydroxylation is 2. The van der Waals surface area contributed by atoms with Crippen LogP contribution in [0.25, 0.3) is 0 Å². The number of nitrogens with zero attached hydrogens (tertiary/aromatic N) is 3. The van der Waals surface area contributed by atoms with Crippen molar-refractivity contribution in [3.8, 4) is 0 Å². The standard InChI is InChI=1S/C12H21N3/c1-14(2)8-5-9-15-10-13-11-6-3-4-7-12(11)15/h10H,3-9H2,1-2H3. The average molecular weight is 207 g/mol. The van der Waals surface area contributed by atoms with Crippen LogP contribution in [-0.4, -0.2) is 35.1 Å². The quantitative estimate of drug-likeness (QED) is 0.749. The molecule has 15 heavy (non-hydrogen) atoms. The van der Waals surface area contributed by atoms with Gasteiger partial charge >= 0.3 is 0 Å². The molecule has 3 heteroatoms. The lowest BCUT2D eigenvalue weighted by atomic mass is 10.0.